The van der Waals surface area contributed by atoms with Crippen LogP contribution in [-0.2, 0) is 22.8 Å². The number of nitrogens with one attached hydrogen (secondary N) is 1. The SMILES string of the molecule is CNc1ccc(-c2ccc3c(CCCN4CCS(=O)(=O)CC4)cn(-c4cnn(CCO)c4)c3n2)cc1F. The number of hydrogen-bond donors (Lipinski definition) is 2. The lowest BCUT2D eigenvalue weighted by molar-refractivity contribution is 0.269. The normalized spacial score (nSPS) is 15.9. The summed E-state index contributed by atoms with van der Waals surface area (Å²) in [6.45, 7) is 2.39. The number of rotatable bonds is 9. The van der Waals surface area contributed by atoms with Gasteiger partial charge in [0.2, 0.25) is 0 Å². The van der Waals surface area contributed by atoms with Gasteiger partial charge in [-0.25, -0.2) is 17.8 Å². The van der Waals surface area contributed by atoms with Crippen molar-refractivity contribution >= 4 is 26.6 Å². The zero-order valence-corrected chi connectivity index (χ0v) is 21.6. The summed E-state index contributed by atoms with van der Waals surface area (Å²) >= 11 is 0. The first-order chi connectivity index (χ1) is 17.9. The molecule has 0 unspecified atom stereocenters. The van der Waals surface area contributed by atoms with Gasteiger partial charge in [0.1, 0.15) is 11.5 Å². The second kappa shape index (κ2) is 10.6. The summed E-state index contributed by atoms with van der Waals surface area (Å²) in [4.78, 5) is 7.13. The molecule has 0 aliphatic carbocycles. The third-order valence-electron chi connectivity index (χ3n) is 6.85. The molecule has 2 N–H and O–H groups in total. The summed E-state index contributed by atoms with van der Waals surface area (Å²) in [5, 5.41) is 17.5. The number of pyridine rings is 1. The Bertz CT molecular complexity index is 1500. The van der Waals surface area contributed by atoms with Crippen molar-refractivity contribution in [3.05, 3.63) is 60.3 Å². The van der Waals surface area contributed by atoms with Gasteiger partial charge in [0.05, 0.1) is 47.9 Å². The summed E-state index contributed by atoms with van der Waals surface area (Å²) in [6.07, 6.45) is 7.37. The molecule has 3 aromatic heterocycles. The predicted octanol–water partition coefficient (Wildman–Crippen LogP) is 2.73. The van der Waals surface area contributed by atoms with Crippen molar-refractivity contribution in [3.8, 4) is 16.9 Å². The van der Waals surface area contributed by atoms with Gasteiger partial charge in [0.25, 0.3) is 0 Å². The third kappa shape index (κ3) is 5.53. The first-order valence-electron chi connectivity index (χ1n) is 12.4. The molecule has 0 amide bonds. The number of nitrogens with zero attached hydrogens (tertiary/aromatic N) is 5. The Labute approximate surface area is 215 Å². The molecule has 11 heteroatoms. The molecule has 0 radical (unpaired) electrons. The molecular formula is C26H31FN6O3S. The average molecular weight is 527 g/mol. The van der Waals surface area contributed by atoms with Gasteiger partial charge < -0.3 is 15.3 Å². The minimum atomic E-state index is -2.89. The maximum absolute atomic E-state index is 14.4. The van der Waals surface area contributed by atoms with Gasteiger partial charge in [-0.3, -0.25) is 9.25 Å². The largest absolute Gasteiger partial charge is 0.394 e. The van der Waals surface area contributed by atoms with Crippen LogP contribution < -0.4 is 5.32 Å². The molecule has 1 aromatic carbocycles. The fraction of sp³-hybridized carbons (Fsp3) is 0.385. The number of aliphatic hydroxyl groups is 1. The van der Waals surface area contributed by atoms with E-state index in [1.165, 1.54) is 6.07 Å². The molecule has 1 aliphatic rings. The number of aryl methyl sites for hydroxylation is 1. The van der Waals surface area contributed by atoms with Crippen LogP contribution in [0.3, 0.4) is 0 Å². The average Bonchev–Trinajstić information content (AvgIpc) is 3.49. The summed E-state index contributed by atoms with van der Waals surface area (Å²) in [5.74, 6) is 0.119. The first kappa shape index (κ1) is 25.4. The van der Waals surface area contributed by atoms with E-state index in [1.807, 2.05) is 29.0 Å². The van der Waals surface area contributed by atoms with Crippen molar-refractivity contribution < 1.29 is 17.9 Å². The Balaban J connectivity index is 1.45. The van der Waals surface area contributed by atoms with Crippen molar-refractivity contribution in [1.29, 1.82) is 0 Å². The van der Waals surface area contributed by atoms with Crippen LogP contribution in [0.1, 0.15) is 12.0 Å². The van der Waals surface area contributed by atoms with Gasteiger partial charge in [-0.05, 0) is 49.2 Å². The topological polar surface area (TPSA) is 105 Å². The summed E-state index contributed by atoms with van der Waals surface area (Å²) in [7, 11) is -1.21. The van der Waals surface area contributed by atoms with Crippen LogP contribution in [0.25, 0.3) is 28.0 Å². The number of sulfone groups is 1. The van der Waals surface area contributed by atoms with Crippen LogP contribution in [0.15, 0.2) is 48.9 Å². The van der Waals surface area contributed by atoms with Crippen LogP contribution in [0.5, 0.6) is 0 Å². The van der Waals surface area contributed by atoms with E-state index in [2.05, 4.69) is 21.5 Å². The smallest absolute Gasteiger partial charge is 0.152 e. The van der Waals surface area contributed by atoms with Crippen LogP contribution in [0, 0.1) is 5.82 Å². The highest BCUT2D eigenvalue weighted by Crippen LogP contribution is 2.29. The summed E-state index contributed by atoms with van der Waals surface area (Å²) < 4.78 is 41.5. The molecule has 1 saturated heterocycles. The molecule has 0 bridgehead atoms. The van der Waals surface area contributed by atoms with E-state index < -0.39 is 9.84 Å². The zero-order chi connectivity index (χ0) is 26.0. The van der Waals surface area contributed by atoms with E-state index in [4.69, 9.17) is 4.98 Å². The molecule has 0 saturated carbocycles. The summed E-state index contributed by atoms with van der Waals surface area (Å²) in [6, 6.07) is 8.96. The second-order valence-electron chi connectivity index (χ2n) is 9.32. The van der Waals surface area contributed by atoms with Crippen LogP contribution in [-0.4, -0.2) is 82.6 Å². The molecular weight excluding hydrogens is 495 g/mol. The highest BCUT2D eigenvalue weighted by Gasteiger charge is 2.21. The second-order valence-corrected chi connectivity index (χ2v) is 11.6. The lowest BCUT2D eigenvalue weighted by atomic mass is 10.1. The monoisotopic (exact) mass is 526 g/mol. The van der Waals surface area contributed by atoms with E-state index in [9.17, 15) is 17.9 Å². The number of fused-ring (bicyclic) bond motifs is 1. The Kier molecular flexibility index (Phi) is 7.27. The van der Waals surface area contributed by atoms with Crippen molar-refractivity contribution in [1.82, 2.24) is 24.2 Å². The molecule has 4 heterocycles. The van der Waals surface area contributed by atoms with Crippen molar-refractivity contribution in [3.63, 3.8) is 0 Å². The standard InChI is InChI=1S/C26H31FN6O3S/c1-28-25-6-4-19(15-23(25)27)24-7-5-22-20(3-2-8-31-10-13-37(35,36)14-11-31)17-33(26(22)30-24)21-16-29-32(18-21)9-12-34/h4-7,15-18,28,34H,2-3,8-14H2,1H3. The maximum Gasteiger partial charge on any atom is 0.152 e. The molecule has 4 aromatic rings. The van der Waals surface area contributed by atoms with Gasteiger partial charge in [-0.1, -0.05) is 6.07 Å². The molecule has 1 fully saturated rings. The number of aromatic nitrogens is 4. The number of halogens is 1. The van der Waals surface area contributed by atoms with E-state index in [-0.39, 0.29) is 23.9 Å². The van der Waals surface area contributed by atoms with Gasteiger partial charge in [-0.15, -0.1) is 0 Å². The van der Waals surface area contributed by atoms with Crippen LogP contribution in [0.2, 0.25) is 0 Å². The number of anilines is 1. The molecule has 9 nitrogen and oxygen atoms in total. The van der Waals surface area contributed by atoms with Crippen LogP contribution in [0.4, 0.5) is 10.1 Å². The Morgan fingerprint density at radius 1 is 1.11 bits per heavy atom. The van der Waals surface area contributed by atoms with Crippen molar-refractivity contribution in [2.45, 2.75) is 19.4 Å². The van der Waals surface area contributed by atoms with Crippen LogP contribution >= 0.6 is 0 Å². The number of hydrogen-bond acceptors (Lipinski definition) is 7. The van der Waals surface area contributed by atoms with E-state index in [0.717, 1.165) is 41.7 Å². The van der Waals surface area contributed by atoms with E-state index in [1.54, 1.807) is 24.0 Å². The van der Waals surface area contributed by atoms with Gasteiger partial charge >= 0.3 is 0 Å². The Morgan fingerprint density at radius 3 is 2.65 bits per heavy atom. The molecule has 0 spiro atoms. The molecule has 37 heavy (non-hydrogen) atoms. The highest BCUT2D eigenvalue weighted by molar-refractivity contribution is 7.91. The Hall–Kier alpha value is -3.28. The number of aliphatic hydroxyl groups excluding tert-OH is 1. The third-order valence-corrected chi connectivity index (χ3v) is 8.46. The molecule has 196 valence electrons. The first-order valence-corrected chi connectivity index (χ1v) is 14.2. The highest BCUT2D eigenvalue weighted by atomic mass is 32.2. The fourth-order valence-electron chi connectivity index (χ4n) is 4.77. The predicted molar refractivity (Wildman–Crippen MR) is 142 cm³/mol. The van der Waals surface area contributed by atoms with E-state index >= 15 is 0 Å². The van der Waals surface area contributed by atoms with Crippen molar-refractivity contribution in [2.24, 2.45) is 0 Å². The zero-order valence-electron chi connectivity index (χ0n) is 20.8. The van der Waals surface area contributed by atoms with Gasteiger partial charge in [0, 0.05) is 43.5 Å². The van der Waals surface area contributed by atoms with Gasteiger partial charge in [-0.2, -0.15) is 5.10 Å². The van der Waals surface area contributed by atoms with E-state index in [0.29, 0.717) is 36.6 Å². The summed E-state index contributed by atoms with van der Waals surface area (Å²) in [5.41, 5.74) is 4.48. The molecule has 0 atom stereocenters. The fourth-order valence-corrected chi connectivity index (χ4v) is 6.05. The lowest BCUT2D eigenvalue weighted by Crippen LogP contribution is -2.40. The van der Waals surface area contributed by atoms with Gasteiger partial charge in [0.15, 0.2) is 9.84 Å². The quantitative estimate of drug-likeness (QED) is 0.346. The van der Waals surface area contributed by atoms with Crippen molar-refractivity contribution in [2.75, 3.05) is 50.1 Å². The Morgan fingerprint density at radius 2 is 1.92 bits per heavy atom. The minimum absolute atomic E-state index is 0.00677. The maximum atomic E-state index is 14.4. The molecule has 5 rings (SSSR count). The minimum Gasteiger partial charge on any atom is -0.394 e. The number of benzene rings is 1. The lowest BCUT2D eigenvalue weighted by Gasteiger charge is -2.26. The molecule has 1 aliphatic heterocycles.